The van der Waals surface area contributed by atoms with Crippen LogP contribution in [0.2, 0.25) is 5.02 Å². The fourth-order valence-corrected chi connectivity index (χ4v) is 5.13. The maximum absolute atomic E-state index is 13.1. The molecular formula is C27H25ClF5NO5S. The Morgan fingerprint density at radius 3 is 2.05 bits per heavy atom. The van der Waals surface area contributed by atoms with Gasteiger partial charge in [0.25, 0.3) is 0 Å². The van der Waals surface area contributed by atoms with Crippen molar-refractivity contribution in [1.29, 1.82) is 0 Å². The van der Waals surface area contributed by atoms with Crippen LogP contribution in [0.25, 0.3) is 22.5 Å². The molecule has 1 atom stereocenters. The monoisotopic (exact) mass is 605 g/mol. The van der Waals surface area contributed by atoms with Crippen LogP contribution in [0.4, 0.5) is 29.9 Å². The van der Waals surface area contributed by atoms with Crippen molar-refractivity contribution in [1.82, 2.24) is 0 Å². The van der Waals surface area contributed by atoms with Gasteiger partial charge in [-0.3, -0.25) is 0 Å². The second-order valence-corrected chi connectivity index (χ2v) is 11.6. The molecule has 6 nitrogen and oxygen atoms in total. The van der Waals surface area contributed by atoms with E-state index in [0.29, 0.717) is 62.2 Å². The highest BCUT2D eigenvalue weighted by Gasteiger charge is 2.65. The zero-order valence-corrected chi connectivity index (χ0v) is 23.1. The molecule has 1 N–H and O–H groups in total. The molecule has 1 aliphatic rings. The number of benzene rings is 3. The number of anilines is 1. The van der Waals surface area contributed by atoms with Crippen LogP contribution in [-0.4, -0.2) is 32.7 Å². The van der Waals surface area contributed by atoms with Gasteiger partial charge < -0.3 is 24.3 Å². The zero-order chi connectivity index (χ0) is 29.4. The van der Waals surface area contributed by atoms with E-state index in [4.69, 9.17) is 30.5 Å². The van der Waals surface area contributed by atoms with E-state index in [1.807, 2.05) is 6.92 Å². The van der Waals surface area contributed by atoms with Crippen LogP contribution in [0.1, 0.15) is 25.0 Å². The number of nitrogens with one attached hydrogen (secondary N) is 1. The first-order chi connectivity index (χ1) is 18.6. The lowest BCUT2D eigenvalue weighted by atomic mass is 9.90. The molecule has 4 rings (SSSR count). The summed E-state index contributed by atoms with van der Waals surface area (Å²) in [4.78, 5) is 9.72. The number of hydrogen-bond donors (Lipinski definition) is 1. The highest BCUT2D eigenvalue weighted by molar-refractivity contribution is 8.45. The molecule has 0 spiro atoms. The number of hydrogen-bond acceptors (Lipinski definition) is 6. The summed E-state index contributed by atoms with van der Waals surface area (Å²) in [5.74, 6) is 0.800. The molecule has 0 radical (unpaired) electrons. The summed E-state index contributed by atoms with van der Waals surface area (Å²) in [5, 5.41) is 3.66. The fraction of sp³-hybridized carbons (Fsp3) is 0.222. The minimum Gasteiger partial charge on any atom is -0.495 e. The van der Waals surface area contributed by atoms with Gasteiger partial charge in [0.1, 0.15) is 16.4 Å². The van der Waals surface area contributed by atoms with E-state index in [0.717, 1.165) is 12.1 Å². The van der Waals surface area contributed by atoms with Crippen molar-refractivity contribution >= 4 is 45.0 Å². The largest absolute Gasteiger partial charge is 0.511 e. The van der Waals surface area contributed by atoms with Crippen LogP contribution in [0.3, 0.4) is 0 Å². The summed E-state index contributed by atoms with van der Waals surface area (Å²) in [6, 6.07) is 12.5. The van der Waals surface area contributed by atoms with Crippen LogP contribution in [-0.2, 0) is 14.2 Å². The average Bonchev–Trinajstić information content (AvgIpc) is 2.88. The molecule has 0 amide bonds. The molecule has 216 valence electrons. The van der Waals surface area contributed by atoms with Crippen LogP contribution in [0.5, 0.6) is 5.75 Å². The van der Waals surface area contributed by atoms with Gasteiger partial charge in [-0.1, -0.05) is 67.4 Å². The van der Waals surface area contributed by atoms with Crippen molar-refractivity contribution in [3.63, 3.8) is 0 Å². The average molecular weight is 606 g/mol. The molecule has 0 saturated heterocycles. The number of carbonyl (C=O) groups excluding carboxylic acids is 1. The standard InChI is InChI=1S/C27H25ClF5NO5S/c1-4-37-27(35)39-15-38-26-21-13-22(28)24(36-3)14-23(21)34-16(2)25(26)19-7-5-17(6-8-19)18-9-11-20(12-10-18)40(29,30,31,32)33/h5-14,16,34H,4,15H2,1-3H3. The molecular weight excluding hydrogens is 581 g/mol. The van der Waals surface area contributed by atoms with Crippen LogP contribution >= 0.6 is 21.8 Å². The molecule has 0 aromatic heterocycles. The Labute approximate surface area is 232 Å². The van der Waals surface area contributed by atoms with Gasteiger partial charge in [-0.25, -0.2) is 4.79 Å². The van der Waals surface area contributed by atoms with Crippen molar-refractivity contribution in [3.05, 3.63) is 76.8 Å². The number of fused-ring (bicyclic) bond motifs is 1. The Hall–Kier alpha value is -3.64. The predicted molar refractivity (Wildman–Crippen MR) is 145 cm³/mol. The zero-order valence-electron chi connectivity index (χ0n) is 21.5. The maximum atomic E-state index is 13.1. The molecule has 1 aliphatic heterocycles. The van der Waals surface area contributed by atoms with E-state index in [1.54, 1.807) is 43.3 Å². The second-order valence-electron chi connectivity index (χ2n) is 8.80. The lowest BCUT2D eigenvalue weighted by Gasteiger charge is -2.40. The molecule has 0 bridgehead atoms. The number of carbonyl (C=O) groups is 1. The number of rotatable bonds is 8. The molecule has 3 aromatic carbocycles. The van der Waals surface area contributed by atoms with Crippen molar-refractivity contribution < 1.29 is 43.2 Å². The van der Waals surface area contributed by atoms with Gasteiger partial charge in [0, 0.05) is 22.9 Å². The Kier molecular flexibility index (Phi) is 7.39. The fourth-order valence-electron chi connectivity index (χ4n) is 4.24. The van der Waals surface area contributed by atoms with Gasteiger partial charge in [0.05, 0.1) is 24.8 Å². The van der Waals surface area contributed by atoms with E-state index in [9.17, 15) is 24.2 Å². The van der Waals surface area contributed by atoms with Gasteiger partial charge in [0.2, 0.25) is 6.79 Å². The summed E-state index contributed by atoms with van der Waals surface area (Å²) in [7, 11) is -8.28. The highest BCUT2D eigenvalue weighted by atomic mass is 35.5. The molecule has 13 heteroatoms. The van der Waals surface area contributed by atoms with Gasteiger partial charge in [-0.15, -0.1) is 0 Å². The van der Waals surface area contributed by atoms with Crippen molar-refractivity contribution in [2.45, 2.75) is 24.8 Å². The quantitative estimate of drug-likeness (QED) is 0.157. The molecule has 3 aromatic rings. The lowest BCUT2D eigenvalue weighted by Crippen LogP contribution is -2.25. The highest BCUT2D eigenvalue weighted by Crippen LogP contribution is 3.02. The van der Waals surface area contributed by atoms with E-state index < -0.39 is 28.1 Å². The minimum absolute atomic E-state index is 0.126. The summed E-state index contributed by atoms with van der Waals surface area (Å²) in [5.41, 5.74) is 3.41. The van der Waals surface area contributed by atoms with Crippen LogP contribution < -0.4 is 10.1 Å². The second kappa shape index (κ2) is 10.1. The first kappa shape index (κ1) is 29.3. The number of methoxy groups -OCH3 is 1. The van der Waals surface area contributed by atoms with Gasteiger partial charge in [-0.05, 0) is 48.7 Å². The van der Waals surface area contributed by atoms with Gasteiger partial charge in [-0.2, -0.15) is 0 Å². The summed E-state index contributed by atoms with van der Waals surface area (Å²) in [6.45, 7) is 3.18. The minimum atomic E-state index is -9.76. The Bertz CT molecular complexity index is 1460. The van der Waals surface area contributed by atoms with E-state index in [1.165, 1.54) is 7.11 Å². The van der Waals surface area contributed by atoms with Crippen LogP contribution in [0.15, 0.2) is 65.6 Å². The summed E-state index contributed by atoms with van der Waals surface area (Å²) in [6.07, 6.45) is -0.903. The third-order valence-electron chi connectivity index (χ3n) is 6.06. The third-order valence-corrected chi connectivity index (χ3v) is 7.52. The van der Waals surface area contributed by atoms with Gasteiger partial charge >= 0.3 is 16.4 Å². The maximum Gasteiger partial charge on any atom is 0.511 e. The Morgan fingerprint density at radius 1 is 0.925 bits per heavy atom. The molecule has 1 heterocycles. The number of ether oxygens (including phenoxy) is 4. The van der Waals surface area contributed by atoms with E-state index >= 15 is 0 Å². The third kappa shape index (κ3) is 6.39. The SMILES string of the molecule is CCOC(=O)OCOC1=C(c2ccc(-c3ccc(S(F)(F)(F)(F)F)cc3)cc2)C(C)Nc2cc(OC)c(Cl)cc21. The van der Waals surface area contributed by atoms with Crippen molar-refractivity contribution in [2.75, 3.05) is 25.8 Å². The van der Waals surface area contributed by atoms with Crippen LogP contribution in [0, 0.1) is 0 Å². The lowest BCUT2D eigenvalue weighted by molar-refractivity contribution is -0.00353. The van der Waals surface area contributed by atoms with E-state index in [-0.39, 0.29) is 12.6 Å². The first-order valence-corrected chi connectivity index (χ1v) is 14.2. The van der Waals surface area contributed by atoms with Crippen molar-refractivity contribution in [3.8, 4) is 16.9 Å². The smallest absolute Gasteiger partial charge is 0.495 e. The Balaban J connectivity index is 1.72. The Morgan fingerprint density at radius 2 is 1.50 bits per heavy atom. The topological polar surface area (TPSA) is 66.0 Å². The molecule has 0 aliphatic carbocycles. The van der Waals surface area contributed by atoms with Crippen molar-refractivity contribution in [2.24, 2.45) is 0 Å². The van der Waals surface area contributed by atoms with E-state index in [2.05, 4.69) is 5.32 Å². The summed E-state index contributed by atoms with van der Waals surface area (Å²) >= 11 is 6.38. The molecule has 0 saturated carbocycles. The number of halogens is 6. The molecule has 40 heavy (non-hydrogen) atoms. The molecule has 0 fully saturated rings. The van der Waals surface area contributed by atoms with Gasteiger partial charge in [0.15, 0.2) is 0 Å². The normalized spacial score (nSPS) is 16.7. The summed E-state index contributed by atoms with van der Waals surface area (Å²) < 4.78 is 86.4. The molecule has 1 unspecified atom stereocenters. The predicted octanol–water partition coefficient (Wildman–Crippen LogP) is 9.50. The first-order valence-electron chi connectivity index (χ1n) is 11.9.